The Morgan fingerprint density at radius 3 is 2.83 bits per heavy atom. The van der Waals surface area contributed by atoms with Gasteiger partial charge in [0.05, 0.1) is 6.10 Å². The number of benzene rings is 1. The van der Waals surface area contributed by atoms with Crippen molar-refractivity contribution in [2.75, 3.05) is 0 Å². The Bertz CT molecular complexity index is 538. The van der Waals surface area contributed by atoms with Gasteiger partial charge in [0.1, 0.15) is 5.82 Å². The number of aryl methyl sites for hydroxylation is 1. The summed E-state index contributed by atoms with van der Waals surface area (Å²) >= 11 is 4.84. The number of aliphatic hydroxyl groups is 1. The monoisotopic (exact) mass is 328 g/mol. The van der Waals surface area contributed by atoms with Crippen LogP contribution < -0.4 is 0 Å². The molecule has 0 saturated carbocycles. The third-order valence-corrected chi connectivity index (χ3v) is 4.44. The van der Waals surface area contributed by atoms with Crippen LogP contribution in [-0.2, 0) is 12.8 Å². The molecule has 1 unspecified atom stereocenters. The van der Waals surface area contributed by atoms with Crippen LogP contribution in [0.1, 0.15) is 29.0 Å². The first kappa shape index (κ1) is 13.7. The average molecular weight is 329 g/mol. The van der Waals surface area contributed by atoms with Crippen molar-refractivity contribution in [2.45, 2.75) is 25.9 Å². The summed E-state index contributed by atoms with van der Waals surface area (Å²) in [5, 5.41) is 12.2. The predicted molar refractivity (Wildman–Crippen MR) is 76.5 cm³/mol. The molecule has 0 aliphatic rings. The van der Waals surface area contributed by atoms with Crippen molar-refractivity contribution in [3.8, 4) is 0 Å². The highest BCUT2D eigenvalue weighted by atomic mass is 79.9. The molecule has 0 aliphatic heterocycles. The quantitative estimate of drug-likeness (QED) is 0.876. The summed E-state index contributed by atoms with van der Waals surface area (Å²) in [6.45, 7) is 2.05. The van der Waals surface area contributed by atoms with E-state index in [-0.39, 0.29) is 5.82 Å². The maximum Gasteiger partial charge on any atom is 0.126 e. The molecule has 4 heteroatoms. The Kier molecular flexibility index (Phi) is 4.54. The molecule has 0 bridgehead atoms. The zero-order valence-corrected chi connectivity index (χ0v) is 12.4. The van der Waals surface area contributed by atoms with Gasteiger partial charge < -0.3 is 5.11 Å². The molecule has 1 nitrogen and oxygen atoms in total. The van der Waals surface area contributed by atoms with E-state index in [9.17, 15) is 9.50 Å². The van der Waals surface area contributed by atoms with E-state index in [1.165, 1.54) is 17.4 Å². The van der Waals surface area contributed by atoms with Gasteiger partial charge in [-0.15, -0.1) is 11.3 Å². The lowest BCUT2D eigenvalue weighted by atomic mass is 10.0. The van der Waals surface area contributed by atoms with Crippen molar-refractivity contribution >= 4 is 27.3 Å². The minimum Gasteiger partial charge on any atom is -0.387 e. The van der Waals surface area contributed by atoms with Crippen LogP contribution in [0.25, 0.3) is 0 Å². The number of hydrogen-bond donors (Lipinski definition) is 1. The van der Waals surface area contributed by atoms with Crippen molar-refractivity contribution in [3.05, 3.63) is 55.9 Å². The zero-order valence-electron chi connectivity index (χ0n) is 9.99. The predicted octanol–water partition coefficient (Wildman–Crippen LogP) is 4.49. The second-order valence-corrected chi connectivity index (χ2v) is 5.98. The molecule has 1 N–H and O–H groups in total. The maximum atomic E-state index is 13.6. The normalized spacial score (nSPS) is 12.7. The lowest BCUT2D eigenvalue weighted by Gasteiger charge is -2.12. The lowest BCUT2D eigenvalue weighted by molar-refractivity contribution is 0.180. The van der Waals surface area contributed by atoms with Crippen LogP contribution in [0.2, 0.25) is 0 Å². The van der Waals surface area contributed by atoms with Gasteiger partial charge in [-0.1, -0.05) is 22.9 Å². The van der Waals surface area contributed by atoms with Gasteiger partial charge >= 0.3 is 0 Å². The summed E-state index contributed by atoms with van der Waals surface area (Å²) in [4.78, 5) is 0.942. The van der Waals surface area contributed by atoms with Gasteiger partial charge in [0.15, 0.2) is 0 Å². The molecule has 0 saturated heterocycles. The number of rotatable bonds is 4. The molecule has 1 heterocycles. The Labute approximate surface area is 118 Å². The molecular formula is C14H14BrFOS. The number of thiophene rings is 1. The standard InChI is InChI=1S/C14H14BrFOS/c1-2-9-5-6-18-14(9)13(17)8-10-7-11(15)3-4-12(10)16/h3-7,13,17H,2,8H2,1H3. The molecule has 0 aliphatic carbocycles. The minimum absolute atomic E-state index is 0.271. The molecule has 1 atom stereocenters. The van der Waals surface area contributed by atoms with Crippen LogP contribution in [0.3, 0.4) is 0 Å². The third-order valence-electron chi connectivity index (χ3n) is 2.89. The number of hydrogen-bond acceptors (Lipinski definition) is 2. The van der Waals surface area contributed by atoms with E-state index in [1.54, 1.807) is 12.1 Å². The molecular weight excluding hydrogens is 315 g/mol. The molecule has 0 spiro atoms. The van der Waals surface area contributed by atoms with Gasteiger partial charge in [0.25, 0.3) is 0 Å². The van der Waals surface area contributed by atoms with Crippen LogP contribution in [0, 0.1) is 5.82 Å². The molecule has 2 aromatic rings. The molecule has 0 amide bonds. The largest absolute Gasteiger partial charge is 0.387 e. The Balaban J connectivity index is 2.21. The van der Waals surface area contributed by atoms with Crippen LogP contribution in [0.5, 0.6) is 0 Å². The molecule has 1 aromatic carbocycles. The van der Waals surface area contributed by atoms with Crippen LogP contribution in [-0.4, -0.2) is 5.11 Å². The molecule has 18 heavy (non-hydrogen) atoms. The maximum absolute atomic E-state index is 13.6. The molecule has 0 radical (unpaired) electrons. The second kappa shape index (κ2) is 5.95. The molecule has 96 valence electrons. The van der Waals surface area contributed by atoms with E-state index in [0.29, 0.717) is 12.0 Å². The molecule has 2 rings (SSSR count). The number of aliphatic hydroxyl groups excluding tert-OH is 1. The number of halogens is 2. The summed E-state index contributed by atoms with van der Waals surface area (Å²) in [5.74, 6) is -0.271. The fourth-order valence-electron chi connectivity index (χ4n) is 1.93. The Hall–Kier alpha value is -0.710. The first-order valence-corrected chi connectivity index (χ1v) is 7.47. The van der Waals surface area contributed by atoms with Gasteiger partial charge in [-0.25, -0.2) is 4.39 Å². The summed E-state index contributed by atoms with van der Waals surface area (Å²) < 4.78 is 14.5. The second-order valence-electron chi connectivity index (χ2n) is 4.12. The summed E-state index contributed by atoms with van der Waals surface area (Å²) in [5.41, 5.74) is 1.68. The van der Waals surface area contributed by atoms with Gasteiger partial charge in [0.2, 0.25) is 0 Å². The van der Waals surface area contributed by atoms with Crippen molar-refractivity contribution in [2.24, 2.45) is 0 Å². The van der Waals surface area contributed by atoms with Crippen LogP contribution in [0.15, 0.2) is 34.1 Å². The topological polar surface area (TPSA) is 20.2 Å². The average Bonchev–Trinajstić information content (AvgIpc) is 2.82. The Morgan fingerprint density at radius 1 is 1.33 bits per heavy atom. The van der Waals surface area contributed by atoms with Gasteiger partial charge in [-0.2, -0.15) is 0 Å². The first-order valence-electron chi connectivity index (χ1n) is 5.80. The van der Waals surface area contributed by atoms with E-state index in [1.807, 2.05) is 11.4 Å². The van der Waals surface area contributed by atoms with Crippen LogP contribution >= 0.6 is 27.3 Å². The minimum atomic E-state index is -0.635. The zero-order chi connectivity index (χ0) is 13.1. The highest BCUT2D eigenvalue weighted by Gasteiger charge is 2.16. The molecule has 1 aromatic heterocycles. The summed E-state index contributed by atoms with van der Waals surface area (Å²) in [7, 11) is 0. The highest BCUT2D eigenvalue weighted by molar-refractivity contribution is 9.10. The van der Waals surface area contributed by atoms with Crippen molar-refractivity contribution in [3.63, 3.8) is 0 Å². The van der Waals surface area contributed by atoms with Crippen molar-refractivity contribution in [1.82, 2.24) is 0 Å². The van der Waals surface area contributed by atoms with Crippen molar-refractivity contribution in [1.29, 1.82) is 0 Å². The van der Waals surface area contributed by atoms with E-state index in [4.69, 9.17) is 0 Å². The SMILES string of the molecule is CCc1ccsc1C(O)Cc1cc(Br)ccc1F. The fourth-order valence-corrected chi connectivity index (χ4v) is 3.32. The highest BCUT2D eigenvalue weighted by Crippen LogP contribution is 2.29. The van der Waals surface area contributed by atoms with Gasteiger partial charge in [-0.05, 0) is 47.2 Å². The third kappa shape index (κ3) is 2.99. The van der Waals surface area contributed by atoms with Gasteiger partial charge in [0, 0.05) is 15.8 Å². The summed E-state index contributed by atoms with van der Waals surface area (Å²) in [6, 6.07) is 6.81. The van der Waals surface area contributed by atoms with E-state index in [2.05, 4.69) is 22.9 Å². The lowest BCUT2D eigenvalue weighted by Crippen LogP contribution is -2.04. The van der Waals surface area contributed by atoms with E-state index < -0.39 is 6.10 Å². The molecule has 0 fully saturated rings. The van der Waals surface area contributed by atoms with Crippen molar-refractivity contribution < 1.29 is 9.50 Å². The summed E-state index contributed by atoms with van der Waals surface area (Å²) in [6.07, 6.45) is 0.555. The van der Waals surface area contributed by atoms with E-state index >= 15 is 0 Å². The van der Waals surface area contributed by atoms with Crippen LogP contribution in [0.4, 0.5) is 4.39 Å². The Morgan fingerprint density at radius 2 is 2.11 bits per heavy atom. The van der Waals surface area contributed by atoms with Gasteiger partial charge in [-0.3, -0.25) is 0 Å². The fraction of sp³-hybridized carbons (Fsp3) is 0.286. The smallest absolute Gasteiger partial charge is 0.126 e. The first-order chi connectivity index (χ1) is 8.61. The van der Waals surface area contributed by atoms with E-state index in [0.717, 1.165) is 21.3 Å².